The molecule has 1 aliphatic rings. The molecule has 0 aromatic heterocycles. The van der Waals surface area contributed by atoms with Crippen LogP contribution in [0.1, 0.15) is 37.7 Å². The SMILES string of the molecule is CCOc1ccc([C@H]2CC=CCC2)cc1. The molecule has 0 N–H and O–H groups in total. The zero-order valence-electron chi connectivity index (χ0n) is 9.28. The van der Waals surface area contributed by atoms with E-state index in [-0.39, 0.29) is 0 Å². The summed E-state index contributed by atoms with van der Waals surface area (Å²) >= 11 is 0. The van der Waals surface area contributed by atoms with Crippen LogP contribution in [0.4, 0.5) is 0 Å². The molecule has 0 saturated heterocycles. The summed E-state index contributed by atoms with van der Waals surface area (Å²) < 4.78 is 5.43. The van der Waals surface area contributed by atoms with Crippen LogP contribution in [-0.2, 0) is 0 Å². The van der Waals surface area contributed by atoms with Gasteiger partial charge in [0, 0.05) is 0 Å². The Hall–Kier alpha value is -1.24. The maximum Gasteiger partial charge on any atom is 0.119 e. The number of allylic oxidation sites excluding steroid dienone is 2. The lowest BCUT2D eigenvalue weighted by Crippen LogP contribution is -2.00. The van der Waals surface area contributed by atoms with Gasteiger partial charge in [0.15, 0.2) is 0 Å². The Kier molecular flexibility index (Phi) is 3.44. The molecule has 0 aliphatic heterocycles. The summed E-state index contributed by atoms with van der Waals surface area (Å²) in [6.07, 6.45) is 8.27. The molecule has 1 aliphatic carbocycles. The van der Waals surface area contributed by atoms with Gasteiger partial charge in [-0.2, -0.15) is 0 Å². The lowest BCUT2D eigenvalue weighted by Gasteiger charge is -2.18. The number of hydrogen-bond acceptors (Lipinski definition) is 1. The van der Waals surface area contributed by atoms with Crippen molar-refractivity contribution < 1.29 is 4.74 Å². The average molecular weight is 202 g/mol. The Morgan fingerprint density at radius 3 is 2.60 bits per heavy atom. The van der Waals surface area contributed by atoms with Gasteiger partial charge in [-0.1, -0.05) is 24.3 Å². The molecular weight excluding hydrogens is 184 g/mol. The van der Waals surface area contributed by atoms with Gasteiger partial charge in [-0.05, 0) is 49.8 Å². The van der Waals surface area contributed by atoms with E-state index in [2.05, 4.69) is 36.4 Å². The van der Waals surface area contributed by atoms with Crippen LogP contribution in [0.15, 0.2) is 36.4 Å². The van der Waals surface area contributed by atoms with Crippen molar-refractivity contribution in [3.63, 3.8) is 0 Å². The molecule has 80 valence electrons. The van der Waals surface area contributed by atoms with Crippen molar-refractivity contribution in [1.29, 1.82) is 0 Å². The van der Waals surface area contributed by atoms with Crippen molar-refractivity contribution in [1.82, 2.24) is 0 Å². The Bertz CT molecular complexity index is 324. The van der Waals surface area contributed by atoms with E-state index in [4.69, 9.17) is 4.74 Å². The minimum absolute atomic E-state index is 0.714. The lowest BCUT2D eigenvalue weighted by atomic mass is 9.88. The van der Waals surface area contributed by atoms with Gasteiger partial charge < -0.3 is 4.74 Å². The van der Waals surface area contributed by atoms with Crippen molar-refractivity contribution in [2.24, 2.45) is 0 Å². The second kappa shape index (κ2) is 5.01. The van der Waals surface area contributed by atoms with E-state index in [1.54, 1.807) is 0 Å². The fourth-order valence-corrected chi connectivity index (χ4v) is 2.10. The summed E-state index contributed by atoms with van der Waals surface area (Å²) in [6.45, 7) is 2.76. The molecule has 0 radical (unpaired) electrons. The highest BCUT2D eigenvalue weighted by molar-refractivity contribution is 5.30. The third kappa shape index (κ3) is 2.62. The molecule has 0 bridgehead atoms. The highest BCUT2D eigenvalue weighted by Gasteiger charge is 2.11. The molecule has 15 heavy (non-hydrogen) atoms. The molecule has 1 heteroatoms. The Morgan fingerprint density at radius 2 is 2.00 bits per heavy atom. The van der Waals surface area contributed by atoms with Crippen LogP contribution in [0.5, 0.6) is 5.75 Å². The molecular formula is C14H18O. The third-order valence-corrected chi connectivity index (χ3v) is 2.93. The van der Waals surface area contributed by atoms with Crippen LogP contribution in [0.2, 0.25) is 0 Å². The summed E-state index contributed by atoms with van der Waals surface area (Å²) in [5, 5.41) is 0. The zero-order chi connectivity index (χ0) is 10.5. The molecule has 0 unspecified atom stereocenters. The third-order valence-electron chi connectivity index (χ3n) is 2.93. The molecule has 0 spiro atoms. The van der Waals surface area contributed by atoms with Crippen molar-refractivity contribution >= 4 is 0 Å². The molecule has 2 rings (SSSR count). The molecule has 0 fully saturated rings. The van der Waals surface area contributed by atoms with Crippen molar-refractivity contribution in [2.75, 3.05) is 6.61 Å². The number of hydrogen-bond donors (Lipinski definition) is 0. The zero-order valence-corrected chi connectivity index (χ0v) is 9.28. The van der Waals surface area contributed by atoms with Gasteiger partial charge in [0.2, 0.25) is 0 Å². The summed E-state index contributed by atoms with van der Waals surface area (Å²) in [5.41, 5.74) is 1.45. The number of ether oxygens (including phenoxy) is 1. The molecule has 1 nitrogen and oxygen atoms in total. The highest BCUT2D eigenvalue weighted by atomic mass is 16.5. The fourth-order valence-electron chi connectivity index (χ4n) is 2.10. The normalized spacial score (nSPS) is 20.2. The Labute approximate surface area is 91.8 Å². The van der Waals surface area contributed by atoms with Crippen LogP contribution >= 0.6 is 0 Å². The smallest absolute Gasteiger partial charge is 0.119 e. The molecule has 1 aromatic rings. The monoisotopic (exact) mass is 202 g/mol. The predicted molar refractivity (Wildman–Crippen MR) is 63.3 cm³/mol. The highest BCUT2D eigenvalue weighted by Crippen LogP contribution is 2.29. The lowest BCUT2D eigenvalue weighted by molar-refractivity contribution is 0.340. The van der Waals surface area contributed by atoms with Gasteiger partial charge >= 0.3 is 0 Å². The molecule has 1 aromatic carbocycles. The number of benzene rings is 1. The van der Waals surface area contributed by atoms with Gasteiger partial charge in [-0.15, -0.1) is 0 Å². The molecule has 0 heterocycles. The van der Waals surface area contributed by atoms with E-state index >= 15 is 0 Å². The summed E-state index contributed by atoms with van der Waals surface area (Å²) in [6, 6.07) is 8.57. The first-order valence-corrected chi connectivity index (χ1v) is 5.78. The summed E-state index contributed by atoms with van der Waals surface area (Å²) in [7, 11) is 0. The second-order valence-corrected chi connectivity index (χ2v) is 3.98. The number of rotatable bonds is 3. The average Bonchev–Trinajstić information content (AvgIpc) is 2.32. The Balaban J connectivity index is 2.05. The Morgan fingerprint density at radius 1 is 1.20 bits per heavy atom. The predicted octanol–water partition coefficient (Wildman–Crippen LogP) is 3.91. The van der Waals surface area contributed by atoms with Crippen molar-refractivity contribution in [3.8, 4) is 5.75 Å². The standard InChI is InChI=1S/C14H18O/c1-2-15-14-10-8-13(9-11-14)12-6-4-3-5-7-12/h3-4,8-12H,2,5-7H2,1H3/t12-/m0/s1. The van der Waals surface area contributed by atoms with E-state index in [1.807, 2.05) is 6.92 Å². The van der Waals surface area contributed by atoms with Crippen LogP contribution in [-0.4, -0.2) is 6.61 Å². The van der Waals surface area contributed by atoms with Gasteiger partial charge in [0.05, 0.1) is 6.61 Å². The van der Waals surface area contributed by atoms with E-state index in [9.17, 15) is 0 Å². The van der Waals surface area contributed by atoms with E-state index < -0.39 is 0 Å². The van der Waals surface area contributed by atoms with Gasteiger partial charge in [0.1, 0.15) is 5.75 Å². The van der Waals surface area contributed by atoms with Gasteiger partial charge in [0.25, 0.3) is 0 Å². The van der Waals surface area contributed by atoms with Crippen LogP contribution in [0, 0.1) is 0 Å². The summed E-state index contributed by atoms with van der Waals surface area (Å²) in [5.74, 6) is 1.69. The van der Waals surface area contributed by atoms with Crippen LogP contribution in [0.25, 0.3) is 0 Å². The first-order chi connectivity index (χ1) is 7.40. The first-order valence-electron chi connectivity index (χ1n) is 5.78. The fraction of sp³-hybridized carbons (Fsp3) is 0.429. The molecule has 0 amide bonds. The van der Waals surface area contributed by atoms with Crippen LogP contribution < -0.4 is 4.74 Å². The van der Waals surface area contributed by atoms with E-state index in [0.29, 0.717) is 5.92 Å². The maximum absolute atomic E-state index is 5.43. The minimum atomic E-state index is 0.714. The molecule has 0 saturated carbocycles. The topological polar surface area (TPSA) is 9.23 Å². The van der Waals surface area contributed by atoms with E-state index in [0.717, 1.165) is 12.4 Å². The quantitative estimate of drug-likeness (QED) is 0.675. The van der Waals surface area contributed by atoms with Gasteiger partial charge in [-0.3, -0.25) is 0 Å². The van der Waals surface area contributed by atoms with Crippen molar-refractivity contribution in [2.45, 2.75) is 32.1 Å². The van der Waals surface area contributed by atoms with Crippen molar-refractivity contribution in [3.05, 3.63) is 42.0 Å². The summed E-state index contributed by atoms with van der Waals surface area (Å²) in [4.78, 5) is 0. The largest absolute Gasteiger partial charge is 0.494 e. The maximum atomic E-state index is 5.43. The first kappa shape index (κ1) is 10.3. The second-order valence-electron chi connectivity index (χ2n) is 3.98. The molecule has 1 atom stereocenters. The van der Waals surface area contributed by atoms with Crippen LogP contribution in [0.3, 0.4) is 0 Å². The van der Waals surface area contributed by atoms with Gasteiger partial charge in [-0.25, -0.2) is 0 Å². The minimum Gasteiger partial charge on any atom is -0.494 e. The van der Waals surface area contributed by atoms with E-state index in [1.165, 1.54) is 24.8 Å².